The van der Waals surface area contributed by atoms with Gasteiger partial charge in [-0.1, -0.05) is 65.7 Å². The summed E-state index contributed by atoms with van der Waals surface area (Å²) in [5.74, 6) is -3.73. The number of likely N-dealkylation sites (tertiary alicyclic amines) is 1. The SMILES string of the molecule is CC(C)(C)OC(=O)NCC1CC(C(=O)ON2C(=O)c3ccccc3C2=O)CN(C(=O)OCC2c3ccccc3-c3ccccc32)C1. The van der Waals surface area contributed by atoms with Crippen molar-refractivity contribution >= 4 is 30.0 Å². The minimum atomic E-state index is -0.899. The number of hydrogen-bond donors (Lipinski definition) is 1. The van der Waals surface area contributed by atoms with Crippen molar-refractivity contribution in [3.8, 4) is 11.1 Å². The monoisotopic (exact) mass is 625 g/mol. The van der Waals surface area contributed by atoms with E-state index in [0.29, 0.717) is 5.06 Å². The lowest BCUT2D eigenvalue weighted by molar-refractivity contribution is -0.176. The molecule has 11 heteroatoms. The number of nitrogens with zero attached hydrogens (tertiary/aromatic N) is 2. The van der Waals surface area contributed by atoms with Gasteiger partial charge in [0.2, 0.25) is 0 Å². The molecule has 2 heterocycles. The molecular formula is C35H35N3O8. The molecule has 2 atom stereocenters. The molecule has 46 heavy (non-hydrogen) atoms. The van der Waals surface area contributed by atoms with Gasteiger partial charge in [-0.05, 0) is 67.5 Å². The summed E-state index contributed by atoms with van der Waals surface area (Å²) in [4.78, 5) is 71.7. The molecule has 1 fully saturated rings. The normalized spacial score (nSPS) is 18.8. The van der Waals surface area contributed by atoms with E-state index in [1.807, 2.05) is 48.5 Å². The molecule has 2 unspecified atom stereocenters. The van der Waals surface area contributed by atoms with E-state index in [0.717, 1.165) is 22.3 Å². The van der Waals surface area contributed by atoms with Crippen LogP contribution in [0.5, 0.6) is 0 Å². The number of hydroxylamine groups is 2. The van der Waals surface area contributed by atoms with Crippen LogP contribution in [0.25, 0.3) is 11.1 Å². The van der Waals surface area contributed by atoms with E-state index < -0.39 is 41.5 Å². The second-order valence-electron chi connectivity index (χ2n) is 12.8. The highest BCUT2D eigenvalue weighted by atomic mass is 16.7. The lowest BCUT2D eigenvalue weighted by Crippen LogP contribution is -2.50. The number of carbonyl (C=O) groups is 5. The number of fused-ring (bicyclic) bond motifs is 4. The Morgan fingerprint density at radius 2 is 1.35 bits per heavy atom. The predicted molar refractivity (Wildman–Crippen MR) is 166 cm³/mol. The number of piperidine rings is 1. The summed E-state index contributed by atoms with van der Waals surface area (Å²) in [6.07, 6.45) is -1.02. The van der Waals surface area contributed by atoms with Gasteiger partial charge >= 0.3 is 18.2 Å². The van der Waals surface area contributed by atoms with Gasteiger partial charge in [-0.25, -0.2) is 14.4 Å². The third-order valence-corrected chi connectivity index (χ3v) is 8.34. The summed E-state index contributed by atoms with van der Waals surface area (Å²) in [6.45, 7) is 5.59. The Hall–Kier alpha value is -5.19. The third-order valence-electron chi connectivity index (χ3n) is 8.34. The number of alkyl carbamates (subject to hydrolysis) is 1. The van der Waals surface area contributed by atoms with Crippen LogP contribution in [-0.4, -0.2) is 71.8 Å². The molecule has 11 nitrogen and oxygen atoms in total. The van der Waals surface area contributed by atoms with Crippen molar-refractivity contribution in [1.29, 1.82) is 0 Å². The van der Waals surface area contributed by atoms with E-state index in [9.17, 15) is 24.0 Å². The predicted octanol–water partition coefficient (Wildman–Crippen LogP) is 5.15. The minimum absolute atomic E-state index is 0.0540. The lowest BCUT2D eigenvalue weighted by Gasteiger charge is -2.36. The average molecular weight is 626 g/mol. The molecule has 2 aliphatic heterocycles. The Morgan fingerprint density at radius 1 is 0.804 bits per heavy atom. The molecule has 1 N–H and O–H groups in total. The lowest BCUT2D eigenvalue weighted by atomic mass is 9.89. The Morgan fingerprint density at radius 3 is 1.91 bits per heavy atom. The third kappa shape index (κ3) is 6.17. The van der Waals surface area contributed by atoms with Crippen LogP contribution in [0.2, 0.25) is 0 Å². The summed E-state index contributed by atoms with van der Waals surface area (Å²) >= 11 is 0. The average Bonchev–Trinajstić information content (AvgIpc) is 3.48. The van der Waals surface area contributed by atoms with Gasteiger partial charge in [0.1, 0.15) is 12.2 Å². The van der Waals surface area contributed by atoms with E-state index in [1.165, 1.54) is 17.0 Å². The highest BCUT2D eigenvalue weighted by molar-refractivity contribution is 6.20. The fourth-order valence-electron chi connectivity index (χ4n) is 6.31. The molecule has 6 rings (SSSR count). The quantitative estimate of drug-likeness (QED) is 0.372. The smallest absolute Gasteiger partial charge is 0.409 e. The topological polar surface area (TPSA) is 132 Å². The standard InChI is InChI=1S/C35H35N3O8/c1-35(2,3)45-33(42)36-17-21-16-22(32(41)46-38-30(39)27-14-8-9-15-28(27)31(38)40)19-37(18-21)34(43)44-20-29-25-12-6-4-10-23(25)24-11-5-7-13-26(24)29/h4-15,21-22,29H,16-20H2,1-3H3,(H,36,42). The Kier molecular flexibility index (Phi) is 8.24. The van der Waals surface area contributed by atoms with E-state index in [1.54, 1.807) is 32.9 Å². The molecule has 0 aromatic heterocycles. The Bertz CT molecular complexity index is 1630. The van der Waals surface area contributed by atoms with Crippen molar-refractivity contribution in [2.45, 2.75) is 38.7 Å². The van der Waals surface area contributed by atoms with Crippen LogP contribution in [0.1, 0.15) is 65.0 Å². The zero-order valence-electron chi connectivity index (χ0n) is 25.9. The van der Waals surface area contributed by atoms with Crippen LogP contribution in [-0.2, 0) is 19.1 Å². The first-order valence-corrected chi connectivity index (χ1v) is 15.3. The highest BCUT2D eigenvalue weighted by Crippen LogP contribution is 2.44. The number of nitrogens with one attached hydrogen (secondary N) is 1. The van der Waals surface area contributed by atoms with Crippen molar-refractivity contribution in [1.82, 2.24) is 15.3 Å². The van der Waals surface area contributed by atoms with Crippen LogP contribution >= 0.6 is 0 Å². The summed E-state index contributed by atoms with van der Waals surface area (Å²) in [6, 6.07) is 22.2. The fraction of sp³-hybridized carbons (Fsp3) is 0.343. The summed E-state index contributed by atoms with van der Waals surface area (Å²) in [7, 11) is 0. The molecule has 238 valence electrons. The first kappa shape index (κ1) is 30.8. The van der Waals surface area contributed by atoms with Crippen LogP contribution in [0, 0.1) is 11.8 Å². The molecule has 3 aliphatic rings. The van der Waals surface area contributed by atoms with Crippen LogP contribution in [0.4, 0.5) is 9.59 Å². The Labute approximate surface area is 266 Å². The van der Waals surface area contributed by atoms with Gasteiger partial charge in [-0.3, -0.25) is 9.59 Å². The first-order chi connectivity index (χ1) is 22.0. The number of amides is 4. The van der Waals surface area contributed by atoms with Crippen LogP contribution in [0.3, 0.4) is 0 Å². The zero-order chi connectivity index (χ0) is 32.6. The second kappa shape index (κ2) is 12.3. The van der Waals surface area contributed by atoms with Crippen molar-refractivity contribution in [3.05, 3.63) is 95.1 Å². The van der Waals surface area contributed by atoms with Crippen molar-refractivity contribution in [3.63, 3.8) is 0 Å². The van der Waals surface area contributed by atoms with Gasteiger partial charge in [-0.2, -0.15) is 0 Å². The van der Waals surface area contributed by atoms with Gasteiger partial charge in [0.15, 0.2) is 0 Å². The van der Waals surface area contributed by atoms with E-state index >= 15 is 0 Å². The van der Waals surface area contributed by atoms with E-state index in [4.69, 9.17) is 14.3 Å². The second-order valence-corrected chi connectivity index (χ2v) is 12.8. The van der Waals surface area contributed by atoms with Gasteiger partial charge in [0.25, 0.3) is 11.8 Å². The molecule has 0 spiro atoms. The minimum Gasteiger partial charge on any atom is -0.448 e. The van der Waals surface area contributed by atoms with E-state index in [-0.39, 0.29) is 55.6 Å². The maximum Gasteiger partial charge on any atom is 0.409 e. The molecule has 0 saturated carbocycles. The largest absolute Gasteiger partial charge is 0.448 e. The number of imide groups is 1. The van der Waals surface area contributed by atoms with Crippen LogP contribution in [0.15, 0.2) is 72.8 Å². The van der Waals surface area contributed by atoms with E-state index in [2.05, 4.69) is 5.32 Å². The van der Waals surface area contributed by atoms with Gasteiger partial charge in [-0.15, -0.1) is 0 Å². The number of ether oxygens (including phenoxy) is 2. The molecular weight excluding hydrogens is 590 g/mol. The number of benzene rings is 3. The molecule has 3 aromatic rings. The maximum absolute atomic E-state index is 13.5. The highest BCUT2D eigenvalue weighted by Gasteiger charge is 2.42. The number of carbonyl (C=O) groups excluding carboxylic acids is 5. The molecule has 1 aliphatic carbocycles. The van der Waals surface area contributed by atoms with Gasteiger partial charge < -0.3 is 24.5 Å². The first-order valence-electron chi connectivity index (χ1n) is 15.3. The van der Waals surface area contributed by atoms with Crippen molar-refractivity contribution in [2.24, 2.45) is 11.8 Å². The fourth-order valence-corrected chi connectivity index (χ4v) is 6.31. The zero-order valence-corrected chi connectivity index (χ0v) is 25.9. The van der Waals surface area contributed by atoms with Gasteiger partial charge in [0.05, 0.1) is 17.0 Å². The van der Waals surface area contributed by atoms with Crippen molar-refractivity contribution in [2.75, 3.05) is 26.2 Å². The summed E-state index contributed by atoms with van der Waals surface area (Å²) in [5, 5.41) is 3.18. The van der Waals surface area contributed by atoms with Crippen LogP contribution < -0.4 is 5.32 Å². The molecule has 0 radical (unpaired) electrons. The number of hydrogen-bond acceptors (Lipinski definition) is 8. The summed E-state index contributed by atoms with van der Waals surface area (Å²) < 4.78 is 11.2. The molecule has 3 aromatic carbocycles. The molecule has 0 bridgehead atoms. The van der Waals surface area contributed by atoms with Crippen molar-refractivity contribution < 1.29 is 38.3 Å². The number of rotatable bonds is 6. The molecule has 1 saturated heterocycles. The maximum atomic E-state index is 13.5. The Balaban J connectivity index is 1.16. The van der Waals surface area contributed by atoms with Gasteiger partial charge in [0, 0.05) is 25.6 Å². The summed E-state index contributed by atoms with van der Waals surface area (Å²) in [5.41, 5.74) is 3.91. The molecule has 4 amide bonds.